The van der Waals surface area contributed by atoms with Crippen molar-refractivity contribution in [2.24, 2.45) is 4.99 Å². The van der Waals surface area contributed by atoms with E-state index in [0.717, 1.165) is 6.54 Å². The summed E-state index contributed by atoms with van der Waals surface area (Å²) in [6.07, 6.45) is 0. The van der Waals surface area contributed by atoms with Crippen molar-refractivity contribution in [2.45, 2.75) is 6.92 Å². The molecule has 0 amide bonds. The molecule has 0 atom stereocenters. The maximum Gasteiger partial charge on any atom is 0.138 e. The number of hydrogen-bond donors (Lipinski definition) is 0. The summed E-state index contributed by atoms with van der Waals surface area (Å²) in [4.78, 5) is 6.09. The van der Waals surface area contributed by atoms with Crippen molar-refractivity contribution in [1.29, 1.82) is 0 Å². The minimum absolute atomic E-state index is 1.00. The van der Waals surface area contributed by atoms with Gasteiger partial charge < -0.3 is 0 Å². The van der Waals surface area contributed by atoms with Gasteiger partial charge in [-0.05, 0) is 14.0 Å². The van der Waals surface area contributed by atoms with E-state index in [4.69, 9.17) is 0 Å². The van der Waals surface area contributed by atoms with E-state index in [2.05, 4.69) is 9.89 Å². The highest BCUT2D eigenvalue weighted by molar-refractivity contribution is 5.85. The van der Waals surface area contributed by atoms with Crippen LogP contribution in [0.2, 0.25) is 0 Å². The Labute approximate surface area is 43.8 Å². The number of nitrogens with zero attached hydrogens (tertiary/aromatic N) is 2. The van der Waals surface area contributed by atoms with Crippen LogP contribution in [0.3, 0.4) is 0 Å². The first kappa shape index (κ1) is 4.78. The SMILES string of the molecule is CC1=N[CH]N(C)C1. The van der Waals surface area contributed by atoms with Crippen LogP contribution in [0.1, 0.15) is 6.92 Å². The maximum atomic E-state index is 4.03. The van der Waals surface area contributed by atoms with Crippen molar-refractivity contribution in [3.63, 3.8) is 0 Å². The van der Waals surface area contributed by atoms with Crippen molar-refractivity contribution >= 4 is 5.71 Å². The summed E-state index contributed by atoms with van der Waals surface area (Å²) in [6, 6.07) is 0. The smallest absolute Gasteiger partial charge is 0.138 e. The molecule has 1 aliphatic heterocycles. The van der Waals surface area contributed by atoms with Crippen LogP contribution in [0.4, 0.5) is 0 Å². The molecule has 1 heterocycles. The molecule has 0 unspecified atom stereocenters. The minimum Gasteiger partial charge on any atom is -0.277 e. The maximum absolute atomic E-state index is 4.03. The molecule has 1 aliphatic rings. The summed E-state index contributed by atoms with van der Waals surface area (Å²) in [6.45, 7) is 4.87. The second kappa shape index (κ2) is 1.62. The largest absolute Gasteiger partial charge is 0.277 e. The summed E-state index contributed by atoms with van der Waals surface area (Å²) in [5.41, 5.74) is 1.20. The van der Waals surface area contributed by atoms with Gasteiger partial charge in [-0.1, -0.05) is 0 Å². The lowest BCUT2D eigenvalue weighted by atomic mass is 10.4. The first-order valence-electron chi connectivity index (χ1n) is 2.36. The van der Waals surface area contributed by atoms with E-state index in [1.54, 1.807) is 0 Å². The predicted molar refractivity (Wildman–Crippen MR) is 30.0 cm³/mol. The first-order valence-corrected chi connectivity index (χ1v) is 2.36. The van der Waals surface area contributed by atoms with Gasteiger partial charge in [-0.3, -0.25) is 9.89 Å². The zero-order valence-electron chi connectivity index (χ0n) is 4.68. The van der Waals surface area contributed by atoms with E-state index in [1.165, 1.54) is 5.71 Å². The van der Waals surface area contributed by atoms with Gasteiger partial charge in [0.05, 0.1) is 0 Å². The van der Waals surface area contributed by atoms with Gasteiger partial charge in [0, 0.05) is 12.3 Å². The van der Waals surface area contributed by atoms with Gasteiger partial charge >= 0.3 is 0 Å². The van der Waals surface area contributed by atoms with Crippen LogP contribution in [-0.2, 0) is 0 Å². The number of rotatable bonds is 0. The summed E-state index contributed by atoms with van der Waals surface area (Å²) in [7, 11) is 2.01. The Morgan fingerprint density at radius 2 is 2.57 bits per heavy atom. The molecule has 0 bridgehead atoms. The molecule has 0 spiro atoms. The van der Waals surface area contributed by atoms with E-state index in [1.807, 2.05) is 20.6 Å². The third-order valence-electron chi connectivity index (χ3n) is 0.953. The lowest BCUT2D eigenvalue weighted by molar-refractivity contribution is 0.487. The Bertz CT molecular complexity index is 96.3. The van der Waals surface area contributed by atoms with E-state index >= 15 is 0 Å². The molecule has 39 valence electrons. The van der Waals surface area contributed by atoms with Crippen molar-refractivity contribution < 1.29 is 0 Å². The lowest BCUT2D eigenvalue weighted by Gasteiger charge is -2.00. The highest BCUT2D eigenvalue weighted by atomic mass is 15.2. The molecule has 0 aromatic carbocycles. The Morgan fingerprint density at radius 1 is 1.86 bits per heavy atom. The van der Waals surface area contributed by atoms with Gasteiger partial charge in [0.1, 0.15) is 6.67 Å². The first-order chi connectivity index (χ1) is 3.29. The van der Waals surface area contributed by atoms with Crippen molar-refractivity contribution in [2.75, 3.05) is 13.6 Å². The van der Waals surface area contributed by atoms with Crippen LogP contribution in [-0.4, -0.2) is 24.2 Å². The molecule has 0 aromatic rings. The normalized spacial score (nSPS) is 22.9. The molecule has 0 aliphatic carbocycles. The van der Waals surface area contributed by atoms with Crippen LogP contribution < -0.4 is 0 Å². The van der Waals surface area contributed by atoms with Crippen LogP contribution in [0.15, 0.2) is 4.99 Å². The fourth-order valence-corrected chi connectivity index (χ4v) is 0.640. The molecular weight excluding hydrogens is 88.1 g/mol. The molecule has 7 heavy (non-hydrogen) atoms. The minimum atomic E-state index is 1.00. The summed E-state index contributed by atoms with van der Waals surface area (Å²) < 4.78 is 0. The Kier molecular flexibility index (Phi) is 1.11. The third kappa shape index (κ3) is 0.996. The average molecular weight is 97.1 g/mol. The van der Waals surface area contributed by atoms with Crippen LogP contribution in [0, 0.1) is 6.67 Å². The fourth-order valence-electron chi connectivity index (χ4n) is 0.640. The second-order valence-electron chi connectivity index (χ2n) is 1.89. The van der Waals surface area contributed by atoms with Gasteiger partial charge in [0.2, 0.25) is 0 Å². The van der Waals surface area contributed by atoms with E-state index in [0.29, 0.717) is 0 Å². The standard InChI is InChI=1S/C5H9N2/c1-5-3-7(2)4-6-5/h4H,3H2,1-2H3. The fraction of sp³-hybridized carbons (Fsp3) is 0.600. The summed E-state index contributed by atoms with van der Waals surface area (Å²) >= 11 is 0. The van der Waals surface area contributed by atoms with E-state index in [9.17, 15) is 0 Å². The molecule has 2 nitrogen and oxygen atoms in total. The van der Waals surface area contributed by atoms with Gasteiger partial charge in [0.25, 0.3) is 0 Å². The number of hydrogen-bond acceptors (Lipinski definition) is 2. The molecule has 0 aromatic heterocycles. The zero-order chi connectivity index (χ0) is 5.28. The van der Waals surface area contributed by atoms with E-state index in [-0.39, 0.29) is 0 Å². The molecule has 0 saturated heterocycles. The van der Waals surface area contributed by atoms with Gasteiger partial charge in [-0.15, -0.1) is 0 Å². The van der Waals surface area contributed by atoms with E-state index < -0.39 is 0 Å². The molecule has 2 heteroatoms. The molecule has 0 N–H and O–H groups in total. The molecular formula is C5H9N2. The second-order valence-corrected chi connectivity index (χ2v) is 1.89. The third-order valence-corrected chi connectivity index (χ3v) is 0.953. The molecule has 1 radical (unpaired) electrons. The average Bonchev–Trinajstić information content (AvgIpc) is 1.87. The highest BCUT2D eigenvalue weighted by Crippen LogP contribution is 1.99. The predicted octanol–water partition coefficient (Wildman–Crippen LogP) is 0.512. The highest BCUT2D eigenvalue weighted by Gasteiger charge is 2.05. The van der Waals surface area contributed by atoms with Gasteiger partial charge in [0.15, 0.2) is 0 Å². The van der Waals surface area contributed by atoms with Crippen LogP contribution >= 0.6 is 0 Å². The van der Waals surface area contributed by atoms with Crippen LogP contribution in [0.5, 0.6) is 0 Å². The van der Waals surface area contributed by atoms with Gasteiger partial charge in [-0.25, -0.2) is 0 Å². The van der Waals surface area contributed by atoms with Crippen LogP contribution in [0.25, 0.3) is 0 Å². The Hall–Kier alpha value is -0.370. The van der Waals surface area contributed by atoms with Gasteiger partial charge in [-0.2, -0.15) is 0 Å². The Morgan fingerprint density at radius 3 is 2.71 bits per heavy atom. The Balaban J connectivity index is 2.42. The molecule has 1 rings (SSSR count). The topological polar surface area (TPSA) is 15.6 Å². The summed E-state index contributed by atoms with van der Waals surface area (Å²) in [5, 5.41) is 0. The van der Waals surface area contributed by atoms with Crippen molar-refractivity contribution in [3.8, 4) is 0 Å². The molecule has 0 saturated carbocycles. The zero-order valence-corrected chi connectivity index (χ0v) is 4.68. The quantitative estimate of drug-likeness (QED) is 0.430. The van der Waals surface area contributed by atoms with Crippen molar-refractivity contribution in [3.05, 3.63) is 6.67 Å². The summed E-state index contributed by atoms with van der Waals surface area (Å²) in [5.74, 6) is 0. The lowest BCUT2D eigenvalue weighted by Crippen LogP contribution is -2.12. The number of aliphatic imine (C=N–C) groups is 1. The van der Waals surface area contributed by atoms with Crippen molar-refractivity contribution in [1.82, 2.24) is 4.90 Å². The molecule has 0 fully saturated rings. The monoisotopic (exact) mass is 97.1 g/mol.